The van der Waals surface area contributed by atoms with Crippen LogP contribution < -0.4 is 10.3 Å². The second kappa shape index (κ2) is 8.49. The van der Waals surface area contributed by atoms with Crippen LogP contribution in [0.15, 0.2) is 82.7 Å². The number of aryl methyl sites for hydroxylation is 1. The fourth-order valence-electron chi connectivity index (χ4n) is 3.05. The van der Waals surface area contributed by atoms with Gasteiger partial charge in [-0.25, -0.2) is 9.37 Å². The van der Waals surface area contributed by atoms with Crippen molar-refractivity contribution in [3.8, 4) is 11.4 Å². The van der Waals surface area contributed by atoms with E-state index in [1.165, 1.54) is 22.4 Å². The standard InChI is InChI=1S/C23H19FN2O2S/c1-16-7-6-8-17(15-16)28-13-14-29-23-25-20-11-4-2-9-18(20)22(27)26(23)21-12-5-3-10-19(21)24/h2-12,15H,13-14H2,1H3. The molecule has 0 spiro atoms. The number of hydrogen-bond donors (Lipinski definition) is 0. The molecular formula is C23H19FN2O2S. The SMILES string of the molecule is Cc1cccc(OCCSc2nc3ccccc3c(=O)n2-c2ccccc2F)c1. The second-order valence-corrected chi connectivity index (χ2v) is 7.58. The molecule has 4 rings (SSSR count). The Morgan fingerprint density at radius 3 is 2.66 bits per heavy atom. The van der Waals surface area contributed by atoms with Crippen LogP contribution in [0, 0.1) is 12.7 Å². The average Bonchev–Trinajstić information content (AvgIpc) is 2.72. The summed E-state index contributed by atoms with van der Waals surface area (Å²) in [5, 5.41) is 0.891. The van der Waals surface area contributed by atoms with Crippen molar-refractivity contribution in [2.45, 2.75) is 12.1 Å². The maximum absolute atomic E-state index is 14.5. The zero-order valence-electron chi connectivity index (χ0n) is 15.8. The first kappa shape index (κ1) is 19.2. The zero-order chi connectivity index (χ0) is 20.2. The average molecular weight is 406 g/mol. The van der Waals surface area contributed by atoms with Gasteiger partial charge in [-0.15, -0.1) is 0 Å². The molecule has 0 unspecified atom stereocenters. The molecule has 4 aromatic rings. The van der Waals surface area contributed by atoms with E-state index in [0.717, 1.165) is 11.3 Å². The molecule has 0 saturated carbocycles. The van der Waals surface area contributed by atoms with E-state index in [4.69, 9.17) is 4.74 Å². The van der Waals surface area contributed by atoms with Gasteiger partial charge in [0.2, 0.25) is 0 Å². The third-order valence-corrected chi connectivity index (χ3v) is 5.31. The summed E-state index contributed by atoms with van der Waals surface area (Å²) < 4.78 is 21.6. The van der Waals surface area contributed by atoms with E-state index in [9.17, 15) is 9.18 Å². The Balaban J connectivity index is 1.65. The molecule has 0 saturated heterocycles. The van der Waals surface area contributed by atoms with Gasteiger partial charge in [0, 0.05) is 5.75 Å². The fourth-order valence-corrected chi connectivity index (χ4v) is 3.87. The number of hydrogen-bond acceptors (Lipinski definition) is 4. The normalized spacial score (nSPS) is 11.0. The summed E-state index contributed by atoms with van der Waals surface area (Å²) >= 11 is 1.36. The number of rotatable bonds is 6. The van der Waals surface area contributed by atoms with Crippen molar-refractivity contribution in [3.05, 3.63) is 94.5 Å². The Kier molecular flexibility index (Phi) is 5.62. The van der Waals surface area contributed by atoms with Crippen LogP contribution in [0.3, 0.4) is 0 Å². The number of para-hydroxylation sites is 2. The lowest BCUT2D eigenvalue weighted by Crippen LogP contribution is -2.23. The maximum atomic E-state index is 14.5. The van der Waals surface area contributed by atoms with Gasteiger partial charge in [0.1, 0.15) is 11.6 Å². The molecule has 0 amide bonds. The largest absolute Gasteiger partial charge is 0.493 e. The van der Waals surface area contributed by atoms with E-state index in [2.05, 4.69) is 4.98 Å². The molecular weight excluding hydrogens is 387 g/mol. The van der Waals surface area contributed by atoms with Crippen LogP contribution in [0.25, 0.3) is 16.6 Å². The first-order valence-corrected chi connectivity index (χ1v) is 10.2. The third kappa shape index (κ3) is 4.17. The summed E-state index contributed by atoms with van der Waals surface area (Å²) in [7, 11) is 0. The van der Waals surface area contributed by atoms with E-state index in [-0.39, 0.29) is 11.2 Å². The highest BCUT2D eigenvalue weighted by Gasteiger charge is 2.15. The van der Waals surface area contributed by atoms with Gasteiger partial charge in [-0.05, 0) is 48.9 Å². The smallest absolute Gasteiger partial charge is 0.266 e. The number of thioether (sulfide) groups is 1. The lowest BCUT2D eigenvalue weighted by Gasteiger charge is -2.14. The molecule has 0 aliphatic rings. The van der Waals surface area contributed by atoms with Crippen LogP contribution in [0.4, 0.5) is 4.39 Å². The van der Waals surface area contributed by atoms with Crippen molar-refractivity contribution in [1.29, 1.82) is 0 Å². The van der Waals surface area contributed by atoms with Gasteiger partial charge in [0.15, 0.2) is 5.16 Å². The monoisotopic (exact) mass is 406 g/mol. The summed E-state index contributed by atoms with van der Waals surface area (Å²) in [5.41, 5.74) is 1.62. The highest BCUT2D eigenvalue weighted by molar-refractivity contribution is 7.99. The molecule has 0 fully saturated rings. The summed E-state index contributed by atoms with van der Waals surface area (Å²) in [6.45, 7) is 2.45. The van der Waals surface area contributed by atoms with Crippen LogP contribution in [0.2, 0.25) is 0 Å². The summed E-state index contributed by atoms with van der Waals surface area (Å²) in [6, 6.07) is 21.1. The van der Waals surface area contributed by atoms with Gasteiger partial charge in [0.25, 0.3) is 5.56 Å². The Hall–Kier alpha value is -3.12. The van der Waals surface area contributed by atoms with Crippen LogP contribution in [0.5, 0.6) is 5.75 Å². The Morgan fingerprint density at radius 2 is 1.83 bits per heavy atom. The van der Waals surface area contributed by atoms with Crippen LogP contribution in [-0.2, 0) is 0 Å². The number of halogens is 1. The Bertz CT molecular complexity index is 1220. The molecule has 146 valence electrons. The molecule has 0 aliphatic heterocycles. The minimum absolute atomic E-state index is 0.192. The number of nitrogens with zero attached hydrogens (tertiary/aromatic N) is 2. The van der Waals surface area contributed by atoms with Gasteiger partial charge in [-0.3, -0.25) is 9.36 Å². The fraction of sp³-hybridized carbons (Fsp3) is 0.130. The predicted molar refractivity (Wildman–Crippen MR) is 115 cm³/mol. The predicted octanol–water partition coefficient (Wildman–Crippen LogP) is 5.00. The van der Waals surface area contributed by atoms with E-state index in [1.54, 1.807) is 36.4 Å². The van der Waals surface area contributed by atoms with Crippen LogP contribution in [-0.4, -0.2) is 21.9 Å². The van der Waals surface area contributed by atoms with Crippen LogP contribution >= 0.6 is 11.8 Å². The molecule has 0 aliphatic carbocycles. The van der Waals surface area contributed by atoms with Crippen molar-refractivity contribution < 1.29 is 9.13 Å². The molecule has 0 radical (unpaired) electrons. The summed E-state index contributed by atoms with van der Waals surface area (Å²) in [6.07, 6.45) is 0. The molecule has 4 nitrogen and oxygen atoms in total. The van der Waals surface area contributed by atoms with Crippen molar-refractivity contribution in [2.24, 2.45) is 0 Å². The highest BCUT2D eigenvalue weighted by Crippen LogP contribution is 2.23. The zero-order valence-corrected chi connectivity index (χ0v) is 16.7. The third-order valence-electron chi connectivity index (χ3n) is 4.41. The topological polar surface area (TPSA) is 44.1 Å². The molecule has 0 bridgehead atoms. The summed E-state index contributed by atoms with van der Waals surface area (Å²) in [4.78, 5) is 17.7. The van der Waals surface area contributed by atoms with Crippen molar-refractivity contribution in [2.75, 3.05) is 12.4 Å². The molecule has 0 N–H and O–H groups in total. The molecule has 6 heteroatoms. The minimum Gasteiger partial charge on any atom is -0.493 e. The van der Waals surface area contributed by atoms with Crippen LogP contribution in [0.1, 0.15) is 5.56 Å². The molecule has 3 aromatic carbocycles. The van der Waals surface area contributed by atoms with E-state index >= 15 is 0 Å². The highest BCUT2D eigenvalue weighted by atomic mass is 32.2. The van der Waals surface area contributed by atoms with E-state index in [0.29, 0.717) is 28.4 Å². The van der Waals surface area contributed by atoms with Crippen molar-refractivity contribution >= 4 is 22.7 Å². The molecule has 29 heavy (non-hydrogen) atoms. The number of benzene rings is 3. The molecule has 0 atom stereocenters. The van der Waals surface area contributed by atoms with Crippen molar-refractivity contribution in [1.82, 2.24) is 9.55 Å². The van der Waals surface area contributed by atoms with E-state index < -0.39 is 5.82 Å². The van der Waals surface area contributed by atoms with Crippen molar-refractivity contribution in [3.63, 3.8) is 0 Å². The lowest BCUT2D eigenvalue weighted by molar-refractivity contribution is 0.343. The summed E-state index contributed by atoms with van der Waals surface area (Å²) in [5.74, 6) is 0.890. The Morgan fingerprint density at radius 1 is 1.03 bits per heavy atom. The minimum atomic E-state index is -0.468. The molecule has 1 heterocycles. The van der Waals surface area contributed by atoms with Gasteiger partial charge in [-0.2, -0.15) is 0 Å². The van der Waals surface area contributed by atoms with Gasteiger partial charge >= 0.3 is 0 Å². The van der Waals surface area contributed by atoms with Gasteiger partial charge < -0.3 is 4.74 Å². The van der Waals surface area contributed by atoms with Gasteiger partial charge in [-0.1, -0.05) is 48.2 Å². The van der Waals surface area contributed by atoms with Gasteiger partial charge in [0.05, 0.1) is 23.2 Å². The first-order valence-electron chi connectivity index (χ1n) is 9.22. The maximum Gasteiger partial charge on any atom is 0.266 e. The second-order valence-electron chi connectivity index (χ2n) is 6.52. The lowest BCUT2D eigenvalue weighted by atomic mass is 10.2. The number of fused-ring (bicyclic) bond motifs is 1. The number of aromatic nitrogens is 2. The first-order chi connectivity index (χ1) is 14.1. The Labute approximate surface area is 172 Å². The van der Waals surface area contributed by atoms with E-state index in [1.807, 2.05) is 37.3 Å². The number of ether oxygens (including phenoxy) is 1. The molecule has 1 aromatic heterocycles. The quantitative estimate of drug-likeness (QED) is 0.257.